The van der Waals surface area contributed by atoms with Crippen LogP contribution in [0.3, 0.4) is 0 Å². The van der Waals surface area contributed by atoms with Gasteiger partial charge in [0.05, 0.1) is 22.1 Å². The normalized spacial score (nSPS) is 12.2. The summed E-state index contributed by atoms with van der Waals surface area (Å²) in [4.78, 5) is 8.91. The highest BCUT2D eigenvalue weighted by Gasteiger charge is 2.21. The summed E-state index contributed by atoms with van der Waals surface area (Å²) in [6.45, 7) is 2.20. The first-order chi connectivity index (χ1) is 15.2. The fourth-order valence-corrected chi connectivity index (χ4v) is 5.18. The third kappa shape index (κ3) is 2.11. The number of hydrogen-bond acceptors (Lipinski definition) is 2. The molecule has 0 spiro atoms. The van der Waals surface area contributed by atoms with Gasteiger partial charge in [0, 0.05) is 57.8 Å². The molecule has 0 saturated carbocycles. The number of aryl methyl sites for hydroxylation is 2. The molecule has 4 heteroatoms. The molecule has 7 aromatic rings. The van der Waals surface area contributed by atoms with Crippen LogP contribution in [-0.2, 0) is 7.05 Å². The average molecular weight is 399 g/mol. The fraction of sp³-hybridized carbons (Fsp3) is 0.0741. The molecular formula is C27H19N4+. The quantitative estimate of drug-likeness (QED) is 0.338. The number of rotatable bonds is 1. The maximum Gasteiger partial charge on any atom is 0.213 e. The van der Waals surface area contributed by atoms with E-state index >= 15 is 0 Å². The fourth-order valence-electron chi connectivity index (χ4n) is 5.18. The Balaban J connectivity index is 1.65. The van der Waals surface area contributed by atoms with E-state index in [2.05, 4.69) is 87.6 Å². The lowest BCUT2D eigenvalue weighted by Crippen LogP contribution is -2.30. The number of aromatic nitrogens is 4. The molecule has 0 N–H and O–H groups in total. The van der Waals surface area contributed by atoms with Gasteiger partial charge in [-0.1, -0.05) is 18.2 Å². The van der Waals surface area contributed by atoms with Gasteiger partial charge in [0.15, 0.2) is 6.20 Å². The van der Waals surface area contributed by atoms with Crippen LogP contribution in [0.5, 0.6) is 0 Å². The number of hydrogen-bond donors (Lipinski definition) is 0. The molecule has 0 amide bonds. The van der Waals surface area contributed by atoms with Gasteiger partial charge in [-0.25, -0.2) is 4.57 Å². The van der Waals surface area contributed by atoms with Gasteiger partial charge in [-0.3, -0.25) is 9.97 Å². The van der Waals surface area contributed by atoms with E-state index < -0.39 is 0 Å². The molecule has 0 unspecified atom stereocenters. The lowest BCUT2D eigenvalue weighted by atomic mass is 9.99. The summed E-state index contributed by atoms with van der Waals surface area (Å²) >= 11 is 0. The van der Waals surface area contributed by atoms with E-state index in [1.807, 2.05) is 24.8 Å². The molecule has 5 aromatic heterocycles. The van der Waals surface area contributed by atoms with E-state index in [4.69, 9.17) is 0 Å². The first-order valence-electron chi connectivity index (χ1n) is 10.5. The van der Waals surface area contributed by atoms with Crippen molar-refractivity contribution >= 4 is 48.9 Å². The second-order valence-corrected chi connectivity index (χ2v) is 8.39. The van der Waals surface area contributed by atoms with Crippen molar-refractivity contribution in [2.45, 2.75) is 6.92 Å². The monoisotopic (exact) mass is 399 g/mol. The van der Waals surface area contributed by atoms with Crippen molar-refractivity contribution in [3.05, 3.63) is 85.1 Å². The van der Waals surface area contributed by atoms with Crippen molar-refractivity contribution in [1.82, 2.24) is 14.4 Å². The predicted octanol–water partition coefficient (Wildman–Crippen LogP) is 5.58. The van der Waals surface area contributed by atoms with Crippen molar-refractivity contribution in [2.75, 3.05) is 0 Å². The van der Waals surface area contributed by atoms with Gasteiger partial charge >= 0.3 is 0 Å². The van der Waals surface area contributed by atoms with Gasteiger partial charge in [0.25, 0.3) is 0 Å². The largest absolute Gasteiger partial charge is 0.308 e. The average Bonchev–Trinajstić information content (AvgIpc) is 3.30. The minimum Gasteiger partial charge on any atom is -0.308 e. The van der Waals surface area contributed by atoms with Crippen LogP contribution in [0.15, 0.2) is 79.5 Å². The third-order valence-electron chi connectivity index (χ3n) is 6.62. The van der Waals surface area contributed by atoms with E-state index in [9.17, 15) is 0 Å². The molecule has 0 fully saturated rings. The van der Waals surface area contributed by atoms with Crippen molar-refractivity contribution in [2.24, 2.45) is 7.05 Å². The minimum absolute atomic E-state index is 1.15. The number of pyridine rings is 3. The van der Waals surface area contributed by atoms with Crippen molar-refractivity contribution in [3.63, 3.8) is 0 Å². The Morgan fingerprint density at radius 2 is 1.55 bits per heavy atom. The van der Waals surface area contributed by atoms with E-state index in [0.29, 0.717) is 0 Å². The van der Waals surface area contributed by atoms with Gasteiger partial charge < -0.3 is 4.40 Å². The summed E-state index contributed by atoms with van der Waals surface area (Å²) in [7, 11) is 2.13. The summed E-state index contributed by atoms with van der Waals surface area (Å²) in [5.74, 6) is 0. The van der Waals surface area contributed by atoms with Gasteiger partial charge in [0.1, 0.15) is 7.05 Å². The summed E-state index contributed by atoms with van der Waals surface area (Å²) < 4.78 is 4.61. The first-order valence-corrected chi connectivity index (χ1v) is 10.5. The van der Waals surface area contributed by atoms with E-state index in [-0.39, 0.29) is 0 Å². The molecule has 0 radical (unpaired) electrons. The molecule has 7 rings (SSSR count). The van der Waals surface area contributed by atoms with Crippen LogP contribution in [0.4, 0.5) is 0 Å². The predicted molar refractivity (Wildman–Crippen MR) is 126 cm³/mol. The van der Waals surface area contributed by atoms with E-state index in [1.54, 1.807) is 0 Å². The van der Waals surface area contributed by atoms with Crippen molar-refractivity contribution in [1.29, 1.82) is 0 Å². The van der Waals surface area contributed by atoms with Gasteiger partial charge in [-0.2, -0.15) is 0 Å². The van der Waals surface area contributed by atoms with Crippen LogP contribution in [0.2, 0.25) is 0 Å². The van der Waals surface area contributed by atoms with Crippen LogP contribution in [-0.4, -0.2) is 14.4 Å². The molecular weight excluding hydrogens is 380 g/mol. The molecule has 31 heavy (non-hydrogen) atoms. The Hall–Kier alpha value is -4.05. The molecule has 0 saturated heterocycles. The van der Waals surface area contributed by atoms with Crippen molar-refractivity contribution in [3.8, 4) is 11.3 Å². The molecule has 0 atom stereocenters. The van der Waals surface area contributed by atoms with E-state index in [1.165, 1.54) is 54.9 Å². The highest BCUT2D eigenvalue weighted by atomic mass is 14.9. The lowest BCUT2D eigenvalue weighted by Gasteiger charge is -2.08. The van der Waals surface area contributed by atoms with Crippen LogP contribution >= 0.6 is 0 Å². The maximum absolute atomic E-state index is 4.55. The summed E-state index contributed by atoms with van der Waals surface area (Å²) in [5, 5.41) is 7.25. The molecule has 0 bridgehead atoms. The second-order valence-electron chi connectivity index (χ2n) is 8.39. The maximum atomic E-state index is 4.55. The first kappa shape index (κ1) is 16.7. The van der Waals surface area contributed by atoms with Crippen LogP contribution < -0.4 is 4.57 Å². The number of nitrogens with zero attached hydrogens (tertiary/aromatic N) is 4. The number of fused-ring (bicyclic) bond motifs is 7. The zero-order valence-corrected chi connectivity index (χ0v) is 17.3. The van der Waals surface area contributed by atoms with Crippen LogP contribution in [0.25, 0.3) is 60.1 Å². The van der Waals surface area contributed by atoms with Crippen molar-refractivity contribution < 1.29 is 4.57 Å². The molecule has 2 aromatic carbocycles. The lowest BCUT2D eigenvalue weighted by molar-refractivity contribution is -0.659. The van der Waals surface area contributed by atoms with Crippen LogP contribution in [0.1, 0.15) is 5.56 Å². The summed E-state index contributed by atoms with van der Waals surface area (Å²) in [6, 6.07) is 17.6. The van der Waals surface area contributed by atoms with Gasteiger partial charge in [-0.15, -0.1) is 0 Å². The SMILES string of the molecule is Cc1cc2c3cncc4c5cnccc5n(c2cc1-c1cc2ccccc2c[n+]1C)c43. The smallest absolute Gasteiger partial charge is 0.213 e. The zero-order valence-electron chi connectivity index (χ0n) is 17.3. The Kier molecular flexibility index (Phi) is 3.11. The highest BCUT2D eigenvalue weighted by Crippen LogP contribution is 2.40. The van der Waals surface area contributed by atoms with Gasteiger partial charge in [0.2, 0.25) is 5.69 Å². The van der Waals surface area contributed by atoms with E-state index in [0.717, 1.165) is 10.8 Å². The Morgan fingerprint density at radius 1 is 0.774 bits per heavy atom. The summed E-state index contributed by atoms with van der Waals surface area (Å²) in [5.41, 5.74) is 7.34. The Bertz CT molecular complexity index is 1810. The zero-order chi connectivity index (χ0) is 20.7. The standard InChI is InChI=1S/C27H19N4/c1-16-9-20-22-13-29-14-23-21-12-28-8-7-24(21)31(27(22)23)26(20)11-19(16)25-10-17-5-3-4-6-18(17)15-30(25)2/h3-15H,1-2H3/q+1. The molecule has 5 heterocycles. The van der Waals surface area contributed by atoms with Gasteiger partial charge in [-0.05, 0) is 42.1 Å². The second kappa shape index (κ2) is 5.76. The summed E-state index contributed by atoms with van der Waals surface area (Å²) in [6.07, 6.45) is 9.98. The Morgan fingerprint density at radius 3 is 2.42 bits per heavy atom. The topological polar surface area (TPSA) is 34.1 Å². The van der Waals surface area contributed by atoms with Crippen LogP contribution in [0, 0.1) is 6.92 Å². The Labute approximate surface area is 178 Å². The minimum atomic E-state index is 1.15. The highest BCUT2D eigenvalue weighted by molar-refractivity contribution is 6.23. The molecule has 0 aliphatic rings. The molecule has 4 nitrogen and oxygen atoms in total. The third-order valence-corrected chi connectivity index (χ3v) is 6.62. The molecule has 0 aliphatic heterocycles. The molecule has 0 aliphatic carbocycles. The molecule has 146 valence electrons. The number of benzene rings is 2.